The van der Waals surface area contributed by atoms with Gasteiger partial charge in [0.25, 0.3) is 0 Å². The molecule has 0 amide bonds. The second kappa shape index (κ2) is 5.55. The minimum Gasteiger partial charge on any atom is -0.315 e. The van der Waals surface area contributed by atoms with Crippen LogP contribution in [-0.2, 0) is 0 Å². The van der Waals surface area contributed by atoms with Crippen molar-refractivity contribution in [1.29, 1.82) is 0 Å². The predicted octanol–water partition coefficient (Wildman–Crippen LogP) is 1.57. The van der Waals surface area contributed by atoms with Crippen molar-refractivity contribution < 1.29 is 0 Å². The molecule has 0 aromatic heterocycles. The number of likely N-dealkylation sites (N-methyl/N-ethyl adjacent to an activating group) is 2. The summed E-state index contributed by atoms with van der Waals surface area (Å²) in [5.74, 6) is 0.705. The van der Waals surface area contributed by atoms with E-state index in [9.17, 15) is 0 Å². The molecule has 0 aromatic carbocycles. The molecule has 0 heterocycles. The maximum atomic E-state index is 3.35. The molecule has 0 saturated carbocycles. The zero-order chi connectivity index (χ0) is 9.72. The monoisotopic (exact) mass is 172 g/mol. The quantitative estimate of drug-likeness (QED) is 0.677. The van der Waals surface area contributed by atoms with Crippen LogP contribution in [0.3, 0.4) is 0 Å². The Kier molecular flexibility index (Phi) is 5.51. The van der Waals surface area contributed by atoms with E-state index < -0.39 is 0 Å². The minimum atomic E-state index is 0.609. The third kappa shape index (κ3) is 4.07. The van der Waals surface area contributed by atoms with Gasteiger partial charge in [-0.05, 0) is 33.9 Å². The fourth-order valence-electron chi connectivity index (χ4n) is 1.16. The van der Waals surface area contributed by atoms with Gasteiger partial charge in [0.1, 0.15) is 0 Å². The van der Waals surface area contributed by atoms with Crippen LogP contribution in [0.1, 0.15) is 27.7 Å². The summed E-state index contributed by atoms with van der Waals surface area (Å²) in [4.78, 5) is 2.38. The summed E-state index contributed by atoms with van der Waals surface area (Å²) in [5.41, 5.74) is 0. The highest BCUT2D eigenvalue weighted by atomic mass is 15.1. The molecule has 1 atom stereocenters. The zero-order valence-corrected chi connectivity index (χ0v) is 9.39. The van der Waals surface area contributed by atoms with Gasteiger partial charge in [-0.15, -0.1) is 0 Å². The maximum Gasteiger partial charge on any atom is 0.0214 e. The second-order valence-corrected chi connectivity index (χ2v) is 4.17. The number of nitrogens with one attached hydrogen (secondary N) is 1. The Labute approximate surface area is 77.3 Å². The van der Waals surface area contributed by atoms with Crippen LogP contribution >= 0.6 is 0 Å². The van der Waals surface area contributed by atoms with Crippen molar-refractivity contribution in [3.63, 3.8) is 0 Å². The lowest BCUT2D eigenvalue weighted by Crippen LogP contribution is -2.43. The molecule has 0 aromatic rings. The maximum absolute atomic E-state index is 3.35. The Morgan fingerprint density at radius 1 is 1.17 bits per heavy atom. The number of rotatable bonds is 5. The molecule has 1 N–H and O–H groups in total. The molecule has 0 spiro atoms. The Balaban J connectivity index is 3.85. The number of nitrogens with zero attached hydrogens (tertiary/aromatic N) is 1. The van der Waals surface area contributed by atoms with Crippen molar-refractivity contribution in [1.82, 2.24) is 10.2 Å². The fourth-order valence-corrected chi connectivity index (χ4v) is 1.16. The smallest absolute Gasteiger partial charge is 0.0214 e. The van der Waals surface area contributed by atoms with Gasteiger partial charge < -0.3 is 10.2 Å². The lowest BCUT2D eigenvalue weighted by atomic mass is 10.0. The Morgan fingerprint density at radius 2 is 1.67 bits per heavy atom. The van der Waals surface area contributed by atoms with Crippen molar-refractivity contribution in [2.45, 2.75) is 39.8 Å². The predicted molar refractivity (Wildman–Crippen MR) is 55.5 cm³/mol. The number of hydrogen-bond acceptors (Lipinski definition) is 2. The summed E-state index contributed by atoms with van der Waals surface area (Å²) >= 11 is 0. The standard InChI is InChI=1S/C10H24N2/c1-8(2)10(11-5)7-12(6)9(3)4/h8-11H,7H2,1-6H3. The average Bonchev–Trinajstić information content (AvgIpc) is 1.98. The summed E-state index contributed by atoms with van der Waals surface area (Å²) in [5, 5.41) is 3.35. The van der Waals surface area contributed by atoms with E-state index in [-0.39, 0.29) is 0 Å². The van der Waals surface area contributed by atoms with Gasteiger partial charge in [0.05, 0.1) is 0 Å². The Morgan fingerprint density at radius 3 is 1.92 bits per heavy atom. The highest BCUT2D eigenvalue weighted by Gasteiger charge is 2.14. The average molecular weight is 172 g/mol. The molecule has 0 aliphatic heterocycles. The molecule has 0 saturated heterocycles. The fraction of sp³-hybridized carbons (Fsp3) is 1.00. The summed E-state index contributed by atoms with van der Waals surface area (Å²) in [6.07, 6.45) is 0. The van der Waals surface area contributed by atoms with Crippen LogP contribution in [0.15, 0.2) is 0 Å². The topological polar surface area (TPSA) is 15.3 Å². The largest absolute Gasteiger partial charge is 0.315 e. The lowest BCUT2D eigenvalue weighted by Gasteiger charge is -2.28. The van der Waals surface area contributed by atoms with Crippen LogP contribution < -0.4 is 5.32 Å². The highest BCUT2D eigenvalue weighted by molar-refractivity contribution is 4.73. The van der Waals surface area contributed by atoms with E-state index in [1.165, 1.54) is 0 Å². The van der Waals surface area contributed by atoms with Gasteiger partial charge in [0, 0.05) is 18.6 Å². The normalized spacial score (nSPS) is 14.8. The van der Waals surface area contributed by atoms with Crippen LogP contribution in [0, 0.1) is 5.92 Å². The van der Waals surface area contributed by atoms with E-state index in [0.717, 1.165) is 6.54 Å². The van der Waals surface area contributed by atoms with Crippen LogP contribution in [0.2, 0.25) is 0 Å². The van der Waals surface area contributed by atoms with Crippen molar-refractivity contribution in [2.75, 3.05) is 20.6 Å². The van der Waals surface area contributed by atoms with Crippen molar-refractivity contribution in [2.24, 2.45) is 5.92 Å². The molecule has 12 heavy (non-hydrogen) atoms. The summed E-state index contributed by atoms with van der Waals surface area (Å²) in [7, 11) is 4.22. The molecular formula is C10H24N2. The third-order valence-corrected chi connectivity index (χ3v) is 2.54. The molecule has 0 aliphatic rings. The van der Waals surface area contributed by atoms with E-state index in [4.69, 9.17) is 0 Å². The van der Waals surface area contributed by atoms with E-state index in [0.29, 0.717) is 18.0 Å². The van der Waals surface area contributed by atoms with Crippen LogP contribution in [-0.4, -0.2) is 37.6 Å². The van der Waals surface area contributed by atoms with E-state index in [2.05, 4.69) is 45.0 Å². The van der Waals surface area contributed by atoms with Gasteiger partial charge in [0.2, 0.25) is 0 Å². The molecule has 2 heteroatoms. The number of hydrogen-bond donors (Lipinski definition) is 1. The third-order valence-electron chi connectivity index (χ3n) is 2.54. The van der Waals surface area contributed by atoms with Gasteiger partial charge in [-0.2, -0.15) is 0 Å². The first-order chi connectivity index (χ1) is 5.49. The van der Waals surface area contributed by atoms with E-state index >= 15 is 0 Å². The molecule has 0 fully saturated rings. The van der Waals surface area contributed by atoms with Crippen LogP contribution in [0.5, 0.6) is 0 Å². The summed E-state index contributed by atoms with van der Waals surface area (Å²) in [6.45, 7) is 10.1. The van der Waals surface area contributed by atoms with Crippen molar-refractivity contribution >= 4 is 0 Å². The lowest BCUT2D eigenvalue weighted by molar-refractivity contribution is 0.222. The summed E-state index contributed by atoms with van der Waals surface area (Å²) in [6, 6.07) is 1.25. The van der Waals surface area contributed by atoms with E-state index in [1.807, 2.05) is 7.05 Å². The SMILES string of the molecule is CNC(CN(C)C(C)C)C(C)C. The Bertz CT molecular complexity index is 110. The first-order valence-electron chi connectivity index (χ1n) is 4.86. The first kappa shape index (κ1) is 11.9. The summed E-state index contributed by atoms with van der Waals surface area (Å²) < 4.78 is 0. The molecule has 0 aliphatic carbocycles. The molecule has 74 valence electrons. The second-order valence-electron chi connectivity index (χ2n) is 4.17. The van der Waals surface area contributed by atoms with Crippen LogP contribution in [0.25, 0.3) is 0 Å². The highest BCUT2D eigenvalue weighted by Crippen LogP contribution is 2.04. The van der Waals surface area contributed by atoms with Gasteiger partial charge in [0.15, 0.2) is 0 Å². The molecule has 0 radical (unpaired) electrons. The van der Waals surface area contributed by atoms with Gasteiger partial charge >= 0.3 is 0 Å². The molecular weight excluding hydrogens is 148 g/mol. The molecule has 0 bridgehead atoms. The minimum absolute atomic E-state index is 0.609. The zero-order valence-electron chi connectivity index (χ0n) is 9.39. The van der Waals surface area contributed by atoms with Crippen molar-refractivity contribution in [3.05, 3.63) is 0 Å². The Hall–Kier alpha value is -0.0800. The van der Waals surface area contributed by atoms with Gasteiger partial charge in [-0.3, -0.25) is 0 Å². The van der Waals surface area contributed by atoms with Crippen LogP contribution in [0.4, 0.5) is 0 Å². The first-order valence-corrected chi connectivity index (χ1v) is 4.86. The van der Waals surface area contributed by atoms with Crippen molar-refractivity contribution in [3.8, 4) is 0 Å². The van der Waals surface area contributed by atoms with Gasteiger partial charge in [-0.25, -0.2) is 0 Å². The molecule has 0 rings (SSSR count). The molecule has 2 nitrogen and oxygen atoms in total. The van der Waals surface area contributed by atoms with Gasteiger partial charge in [-0.1, -0.05) is 13.8 Å². The van der Waals surface area contributed by atoms with E-state index in [1.54, 1.807) is 0 Å². The molecule has 1 unspecified atom stereocenters.